The molecule has 2 heterocycles. The molecule has 1 atom stereocenters. The number of aryl methyl sites for hydroxylation is 2. The molecule has 6 nitrogen and oxygen atoms in total. The minimum Gasteiger partial charge on any atom is -0.369 e. The quantitative estimate of drug-likeness (QED) is 0.829. The Morgan fingerprint density at radius 2 is 2.05 bits per heavy atom. The molecular formula is C16H24N4O2. The fourth-order valence-electron chi connectivity index (χ4n) is 2.99. The Hall–Kier alpha value is -1.95. The van der Waals surface area contributed by atoms with Crippen LogP contribution in [-0.2, 0) is 16.1 Å². The van der Waals surface area contributed by atoms with Crippen LogP contribution in [0.15, 0.2) is 12.1 Å². The van der Waals surface area contributed by atoms with Crippen LogP contribution in [0.3, 0.4) is 0 Å². The molecule has 0 radical (unpaired) electrons. The molecule has 1 aliphatic heterocycles. The highest BCUT2D eigenvalue weighted by atomic mass is 16.2. The molecule has 0 bridgehead atoms. The van der Waals surface area contributed by atoms with E-state index in [9.17, 15) is 9.59 Å². The summed E-state index contributed by atoms with van der Waals surface area (Å²) in [5.41, 5.74) is 8.19. The lowest BCUT2D eigenvalue weighted by Gasteiger charge is -2.31. The van der Waals surface area contributed by atoms with Gasteiger partial charge in [-0.25, -0.2) is 0 Å². The zero-order valence-corrected chi connectivity index (χ0v) is 13.3. The summed E-state index contributed by atoms with van der Waals surface area (Å²) in [6.07, 6.45) is 1.77. The van der Waals surface area contributed by atoms with E-state index >= 15 is 0 Å². The standard InChI is InChI=1S/C16H24N4O2/c1-11-6-13(7-12(2)19-11)8-18-16(22)14-4-3-5-20(9-14)10-15(17)21/h6-7,14H,3-5,8-10H2,1-2H3,(H2,17,21)(H,18,22). The molecule has 2 rings (SSSR count). The molecule has 1 aliphatic rings. The van der Waals surface area contributed by atoms with Crippen molar-refractivity contribution in [3.63, 3.8) is 0 Å². The number of nitrogens with zero attached hydrogens (tertiary/aromatic N) is 2. The minimum atomic E-state index is -0.344. The summed E-state index contributed by atoms with van der Waals surface area (Å²) >= 11 is 0. The number of aromatic nitrogens is 1. The number of hydrogen-bond acceptors (Lipinski definition) is 4. The van der Waals surface area contributed by atoms with E-state index in [1.54, 1.807) is 0 Å². The van der Waals surface area contributed by atoms with Crippen molar-refractivity contribution in [1.29, 1.82) is 0 Å². The smallest absolute Gasteiger partial charge is 0.231 e. The summed E-state index contributed by atoms with van der Waals surface area (Å²) in [6, 6.07) is 3.96. The van der Waals surface area contributed by atoms with Crippen LogP contribution in [0.1, 0.15) is 29.8 Å². The maximum atomic E-state index is 12.3. The van der Waals surface area contributed by atoms with Gasteiger partial charge in [0.2, 0.25) is 11.8 Å². The Kier molecular flexibility index (Phi) is 5.49. The first kappa shape index (κ1) is 16.4. The van der Waals surface area contributed by atoms with E-state index in [4.69, 9.17) is 5.73 Å². The minimum absolute atomic E-state index is 0.0429. The van der Waals surface area contributed by atoms with Crippen LogP contribution < -0.4 is 11.1 Å². The largest absolute Gasteiger partial charge is 0.369 e. The first-order valence-electron chi connectivity index (χ1n) is 7.66. The SMILES string of the molecule is Cc1cc(CNC(=O)C2CCCN(CC(N)=O)C2)cc(C)n1. The maximum absolute atomic E-state index is 12.3. The number of likely N-dealkylation sites (tertiary alicyclic amines) is 1. The van der Waals surface area contributed by atoms with Crippen LogP contribution in [0.5, 0.6) is 0 Å². The summed E-state index contributed by atoms with van der Waals surface area (Å²) in [5, 5.41) is 2.99. The molecule has 3 N–H and O–H groups in total. The van der Waals surface area contributed by atoms with Gasteiger partial charge in [-0.1, -0.05) is 0 Å². The molecule has 1 unspecified atom stereocenters. The maximum Gasteiger partial charge on any atom is 0.231 e. The second-order valence-corrected chi connectivity index (χ2v) is 6.02. The molecule has 2 amide bonds. The van der Waals surface area contributed by atoms with Crippen molar-refractivity contribution in [2.75, 3.05) is 19.6 Å². The summed E-state index contributed by atoms with van der Waals surface area (Å²) < 4.78 is 0. The topological polar surface area (TPSA) is 88.3 Å². The van der Waals surface area contributed by atoms with E-state index in [2.05, 4.69) is 10.3 Å². The molecule has 0 spiro atoms. The van der Waals surface area contributed by atoms with Gasteiger partial charge in [0.15, 0.2) is 0 Å². The number of pyridine rings is 1. The van der Waals surface area contributed by atoms with Crippen LogP contribution in [0.4, 0.5) is 0 Å². The average molecular weight is 304 g/mol. The number of carbonyl (C=O) groups is 2. The molecule has 6 heteroatoms. The highest BCUT2D eigenvalue weighted by Crippen LogP contribution is 2.16. The highest BCUT2D eigenvalue weighted by Gasteiger charge is 2.26. The van der Waals surface area contributed by atoms with Gasteiger partial charge in [0.25, 0.3) is 0 Å². The van der Waals surface area contributed by atoms with Gasteiger partial charge in [0, 0.05) is 24.5 Å². The molecule has 120 valence electrons. The Morgan fingerprint density at radius 3 is 2.68 bits per heavy atom. The van der Waals surface area contributed by atoms with Crippen molar-refractivity contribution in [3.8, 4) is 0 Å². The van der Waals surface area contributed by atoms with Gasteiger partial charge in [-0.3, -0.25) is 19.5 Å². The molecule has 0 aromatic carbocycles. The molecule has 22 heavy (non-hydrogen) atoms. The highest BCUT2D eigenvalue weighted by molar-refractivity contribution is 5.79. The van der Waals surface area contributed by atoms with E-state index < -0.39 is 0 Å². The summed E-state index contributed by atoms with van der Waals surface area (Å²) in [4.78, 5) is 29.6. The zero-order chi connectivity index (χ0) is 16.1. The lowest BCUT2D eigenvalue weighted by molar-refractivity contribution is -0.128. The summed E-state index contributed by atoms with van der Waals surface area (Å²) in [5.74, 6) is -0.373. The fraction of sp³-hybridized carbons (Fsp3) is 0.562. The first-order chi connectivity index (χ1) is 10.4. The van der Waals surface area contributed by atoms with Crippen LogP contribution in [0, 0.1) is 19.8 Å². The molecule has 1 fully saturated rings. The molecule has 1 aromatic heterocycles. The number of nitrogens with two attached hydrogens (primary N) is 1. The van der Waals surface area contributed by atoms with Crippen molar-refractivity contribution >= 4 is 11.8 Å². The van der Waals surface area contributed by atoms with Gasteiger partial charge in [-0.05, 0) is 50.9 Å². The number of hydrogen-bond donors (Lipinski definition) is 2. The third kappa shape index (κ3) is 4.80. The van der Waals surface area contributed by atoms with E-state index in [0.29, 0.717) is 13.1 Å². The molecule has 1 aromatic rings. The third-order valence-electron chi connectivity index (χ3n) is 3.86. The van der Waals surface area contributed by atoms with Gasteiger partial charge in [-0.15, -0.1) is 0 Å². The number of nitrogens with one attached hydrogen (secondary N) is 1. The van der Waals surface area contributed by atoms with Gasteiger partial charge in [0.1, 0.15) is 0 Å². The monoisotopic (exact) mass is 304 g/mol. The van der Waals surface area contributed by atoms with E-state index in [0.717, 1.165) is 36.3 Å². The van der Waals surface area contributed by atoms with E-state index in [-0.39, 0.29) is 24.3 Å². The average Bonchev–Trinajstić information content (AvgIpc) is 2.43. The normalized spacial score (nSPS) is 18.9. The summed E-state index contributed by atoms with van der Waals surface area (Å²) in [6.45, 7) is 6.06. The Labute approximate surface area is 131 Å². The van der Waals surface area contributed by atoms with Crippen LogP contribution in [0.25, 0.3) is 0 Å². The lowest BCUT2D eigenvalue weighted by Crippen LogP contribution is -2.45. The fourth-order valence-corrected chi connectivity index (χ4v) is 2.99. The number of piperidine rings is 1. The van der Waals surface area contributed by atoms with Gasteiger partial charge >= 0.3 is 0 Å². The lowest BCUT2D eigenvalue weighted by atomic mass is 9.97. The second-order valence-electron chi connectivity index (χ2n) is 6.02. The van der Waals surface area contributed by atoms with Crippen molar-refractivity contribution in [1.82, 2.24) is 15.2 Å². The van der Waals surface area contributed by atoms with Crippen molar-refractivity contribution < 1.29 is 9.59 Å². The predicted molar refractivity (Wildman–Crippen MR) is 83.9 cm³/mol. The van der Waals surface area contributed by atoms with Crippen molar-refractivity contribution in [2.45, 2.75) is 33.2 Å². The zero-order valence-electron chi connectivity index (χ0n) is 13.3. The van der Waals surface area contributed by atoms with E-state index in [1.165, 1.54) is 0 Å². The Bertz CT molecular complexity index is 539. The second kappa shape index (κ2) is 7.35. The molecule has 1 saturated heterocycles. The van der Waals surface area contributed by atoms with Crippen LogP contribution in [-0.4, -0.2) is 41.3 Å². The van der Waals surface area contributed by atoms with Crippen molar-refractivity contribution in [3.05, 3.63) is 29.1 Å². The molecule has 0 saturated carbocycles. The van der Waals surface area contributed by atoms with Crippen LogP contribution >= 0.6 is 0 Å². The Morgan fingerprint density at radius 1 is 1.36 bits per heavy atom. The van der Waals surface area contributed by atoms with Gasteiger partial charge in [-0.2, -0.15) is 0 Å². The van der Waals surface area contributed by atoms with Crippen molar-refractivity contribution in [2.24, 2.45) is 11.7 Å². The molecular weight excluding hydrogens is 280 g/mol. The van der Waals surface area contributed by atoms with Gasteiger partial charge < -0.3 is 11.1 Å². The number of rotatable bonds is 5. The number of carbonyl (C=O) groups excluding carboxylic acids is 2. The van der Waals surface area contributed by atoms with Crippen LogP contribution in [0.2, 0.25) is 0 Å². The first-order valence-corrected chi connectivity index (χ1v) is 7.66. The summed E-state index contributed by atoms with van der Waals surface area (Å²) in [7, 11) is 0. The molecule has 0 aliphatic carbocycles. The number of amides is 2. The number of primary amides is 1. The predicted octanol–water partition coefficient (Wildman–Crippen LogP) is 0.512. The Balaban J connectivity index is 1.87. The van der Waals surface area contributed by atoms with E-state index in [1.807, 2.05) is 30.9 Å². The van der Waals surface area contributed by atoms with Gasteiger partial charge in [0.05, 0.1) is 12.5 Å². The third-order valence-corrected chi connectivity index (χ3v) is 3.86.